The van der Waals surface area contributed by atoms with Gasteiger partial charge in [-0.05, 0) is 18.2 Å². The van der Waals surface area contributed by atoms with Crippen LogP contribution in [0.15, 0.2) is 18.2 Å². The zero-order valence-corrected chi connectivity index (χ0v) is 6.00. The van der Waals surface area contributed by atoms with E-state index in [1.165, 1.54) is 0 Å². The van der Waals surface area contributed by atoms with Crippen LogP contribution < -0.4 is 0 Å². The Morgan fingerprint density at radius 1 is 1.22 bits per heavy atom. The van der Waals surface area contributed by atoms with Crippen molar-refractivity contribution in [3.8, 4) is 0 Å². The molecule has 0 amide bonds. The summed E-state index contributed by atoms with van der Waals surface area (Å²) in [5.41, 5.74) is 0. The molecule has 0 spiro atoms. The standard InChI is InChI=1S/C6H3Cl2.H2O/c7-5-3-1-2-4-6(5)8;/h1,3-4H;1H2. The van der Waals surface area contributed by atoms with Crippen molar-refractivity contribution < 1.29 is 5.48 Å². The Morgan fingerprint density at radius 3 is 2.22 bits per heavy atom. The largest absolute Gasteiger partial charge is 0.412 e. The predicted octanol–water partition coefficient (Wildman–Crippen LogP) is 1.97. The molecular weight excluding hydrogens is 159 g/mol. The van der Waals surface area contributed by atoms with Gasteiger partial charge < -0.3 is 5.48 Å². The van der Waals surface area contributed by atoms with Crippen LogP contribution >= 0.6 is 23.2 Å². The second kappa shape index (κ2) is 3.72. The summed E-state index contributed by atoms with van der Waals surface area (Å²) >= 11 is 11.1. The van der Waals surface area contributed by atoms with E-state index in [1.807, 2.05) is 0 Å². The normalized spacial score (nSPS) is 8.22. The lowest BCUT2D eigenvalue weighted by molar-refractivity contribution is 0.824. The molecule has 0 aliphatic rings. The maximum absolute atomic E-state index is 5.56. The van der Waals surface area contributed by atoms with E-state index >= 15 is 0 Å². The molecule has 0 saturated heterocycles. The van der Waals surface area contributed by atoms with Crippen LogP contribution in [0.5, 0.6) is 0 Å². The number of benzene rings is 1. The molecular formula is C6H5Cl2O. The van der Waals surface area contributed by atoms with Gasteiger partial charge in [-0.25, -0.2) is 0 Å². The molecule has 1 radical (unpaired) electrons. The summed E-state index contributed by atoms with van der Waals surface area (Å²) in [4.78, 5) is 0. The molecule has 0 atom stereocenters. The van der Waals surface area contributed by atoms with Crippen LogP contribution in [0.2, 0.25) is 10.0 Å². The number of rotatable bonds is 0. The van der Waals surface area contributed by atoms with E-state index < -0.39 is 0 Å². The number of hydrogen-bond donors (Lipinski definition) is 0. The van der Waals surface area contributed by atoms with Gasteiger partial charge in [-0.1, -0.05) is 29.3 Å². The quantitative estimate of drug-likeness (QED) is 0.561. The lowest BCUT2D eigenvalue weighted by atomic mass is 10.4. The molecule has 2 N–H and O–H groups in total. The molecule has 0 aliphatic heterocycles. The minimum absolute atomic E-state index is 0. The SMILES string of the molecule is Clc1c[c]ccc1Cl.O. The minimum atomic E-state index is 0. The summed E-state index contributed by atoms with van der Waals surface area (Å²) in [6.07, 6.45) is 0. The number of hydrogen-bond acceptors (Lipinski definition) is 0. The molecule has 9 heavy (non-hydrogen) atoms. The first-order valence-electron chi connectivity index (χ1n) is 2.12. The molecule has 0 heterocycles. The summed E-state index contributed by atoms with van der Waals surface area (Å²) in [6, 6.07) is 7.83. The monoisotopic (exact) mass is 163 g/mol. The average Bonchev–Trinajstić information content (AvgIpc) is 1.77. The van der Waals surface area contributed by atoms with Crippen molar-refractivity contribution in [2.24, 2.45) is 0 Å². The van der Waals surface area contributed by atoms with Crippen LogP contribution in [0, 0.1) is 6.07 Å². The topological polar surface area (TPSA) is 31.5 Å². The van der Waals surface area contributed by atoms with Crippen molar-refractivity contribution in [2.75, 3.05) is 0 Å². The summed E-state index contributed by atoms with van der Waals surface area (Å²) in [7, 11) is 0. The molecule has 1 nitrogen and oxygen atoms in total. The molecule has 0 aliphatic carbocycles. The van der Waals surface area contributed by atoms with Crippen molar-refractivity contribution in [2.45, 2.75) is 0 Å². The number of halogens is 2. The van der Waals surface area contributed by atoms with Gasteiger partial charge in [0.1, 0.15) is 0 Å². The maximum atomic E-state index is 5.56. The van der Waals surface area contributed by atoms with Crippen molar-refractivity contribution in [1.82, 2.24) is 0 Å². The lowest BCUT2D eigenvalue weighted by Crippen LogP contribution is -1.63. The van der Waals surface area contributed by atoms with Crippen LogP contribution in [-0.2, 0) is 0 Å². The maximum Gasteiger partial charge on any atom is 0.0598 e. The fraction of sp³-hybridized carbons (Fsp3) is 0. The van der Waals surface area contributed by atoms with Gasteiger partial charge in [0.25, 0.3) is 0 Å². The molecule has 0 bridgehead atoms. The second-order valence-corrected chi connectivity index (χ2v) is 2.15. The highest BCUT2D eigenvalue weighted by atomic mass is 35.5. The molecule has 0 aromatic heterocycles. The average molecular weight is 164 g/mol. The Morgan fingerprint density at radius 2 is 1.89 bits per heavy atom. The van der Waals surface area contributed by atoms with Gasteiger partial charge in [0.2, 0.25) is 0 Å². The van der Waals surface area contributed by atoms with Gasteiger partial charge in [-0.15, -0.1) is 0 Å². The van der Waals surface area contributed by atoms with Gasteiger partial charge >= 0.3 is 0 Å². The Balaban J connectivity index is 0.000000640. The van der Waals surface area contributed by atoms with Gasteiger partial charge in [0.05, 0.1) is 10.0 Å². The third kappa shape index (κ3) is 2.22. The van der Waals surface area contributed by atoms with Gasteiger partial charge in [-0.2, -0.15) is 0 Å². The third-order valence-corrected chi connectivity index (χ3v) is 1.50. The van der Waals surface area contributed by atoms with E-state index in [0.717, 1.165) is 0 Å². The highest BCUT2D eigenvalue weighted by Crippen LogP contribution is 2.18. The fourth-order valence-electron chi connectivity index (χ4n) is 0.391. The van der Waals surface area contributed by atoms with E-state index in [0.29, 0.717) is 10.0 Å². The first kappa shape index (κ1) is 8.76. The third-order valence-electron chi connectivity index (χ3n) is 0.764. The van der Waals surface area contributed by atoms with E-state index in [1.54, 1.807) is 18.2 Å². The second-order valence-electron chi connectivity index (χ2n) is 1.34. The smallest absolute Gasteiger partial charge is 0.0598 e. The van der Waals surface area contributed by atoms with E-state index in [4.69, 9.17) is 23.2 Å². The van der Waals surface area contributed by atoms with Crippen molar-refractivity contribution in [3.05, 3.63) is 34.3 Å². The molecule has 3 heteroatoms. The molecule has 1 rings (SSSR count). The predicted molar refractivity (Wildman–Crippen MR) is 38.9 cm³/mol. The van der Waals surface area contributed by atoms with Crippen molar-refractivity contribution in [3.63, 3.8) is 0 Å². The minimum Gasteiger partial charge on any atom is -0.412 e. The molecule has 0 fully saturated rings. The summed E-state index contributed by atoms with van der Waals surface area (Å²) in [6.45, 7) is 0. The summed E-state index contributed by atoms with van der Waals surface area (Å²) in [5.74, 6) is 0. The van der Waals surface area contributed by atoms with Crippen molar-refractivity contribution >= 4 is 23.2 Å². The highest BCUT2D eigenvalue weighted by Gasteiger charge is 1.89. The van der Waals surface area contributed by atoms with Crippen LogP contribution in [-0.4, -0.2) is 5.48 Å². The molecule has 49 valence electrons. The fourth-order valence-corrected chi connectivity index (χ4v) is 0.635. The van der Waals surface area contributed by atoms with Crippen LogP contribution in [0.25, 0.3) is 0 Å². The first-order valence-corrected chi connectivity index (χ1v) is 2.87. The van der Waals surface area contributed by atoms with E-state index in [9.17, 15) is 0 Å². The van der Waals surface area contributed by atoms with Gasteiger partial charge in [0, 0.05) is 0 Å². The lowest BCUT2D eigenvalue weighted by Gasteiger charge is -1.87. The zero-order valence-electron chi connectivity index (χ0n) is 4.49. The Labute approximate surface area is 63.5 Å². The summed E-state index contributed by atoms with van der Waals surface area (Å²) < 4.78 is 0. The van der Waals surface area contributed by atoms with Crippen molar-refractivity contribution in [1.29, 1.82) is 0 Å². The van der Waals surface area contributed by atoms with E-state index in [2.05, 4.69) is 6.07 Å². The van der Waals surface area contributed by atoms with E-state index in [-0.39, 0.29) is 5.48 Å². The summed E-state index contributed by atoms with van der Waals surface area (Å²) in [5, 5.41) is 1.12. The molecule has 0 saturated carbocycles. The molecule has 1 aromatic rings. The van der Waals surface area contributed by atoms with Crippen LogP contribution in [0.4, 0.5) is 0 Å². The Bertz CT molecular complexity index is 167. The highest BCUT2D eigenvalue weighted by molar-refractivity contribution is 6.41. The zero-order chi connectivity index (χ0) is 5.98. The van der Waals surface area contributed by atoms with Crippen LogP contribution in [0.3, 0.4) is 0 Å². The first-order chi connectivity index (χ1) is 3.80. The molecule has 0 unspecified atom stereocenters. The Kier molecular flexibility index (Phi) is 3.62. The molecule has 1 aromatic carbocycles. The van der Waals surface area contributed by atoms with Gasteiger partial charge in [-0.3, -0.25) is 0 Å². The van der Waals surface area contributed by atoms with Crippen LogP contribution in [0.1, 0.15) is 0 Å². The van der Waals surface area contributed by atoms with Gasteiger partial charge in [0.15, 0.2) is 0 Å². The Hall–Kier alpha value is -0.240.